The van der Waals surface area contributed by atoms with Crippen molar-refractivity contribution in [1.82, 2.24) is 5.32 Å². The summed E-state index contributed by atoms with van der Waals surface area (Å²) in [5, 5.41) is 3.61. The zero-order valence-electron chi connectivity index (χ0n) is 12.3. The molecule has 1 aromatic rings. The van der Waals surface area contributed by atoms with Crippen molar-refractivity contribution in [2.24, 2.45) is 0 Å². The van der Waals surface area contributed by atoms with Crippen molar-refractivity contribution < 1.29 is 0 Å². The first-order valence-corrected chi connectivity index (χ1v) is 7.83. The third-order valence-electron chi connectivity index (χ3n) is 4.62. The molecule has 1 aliphatic heterocycles. The predicted octanol–water partition coefficient (Wildman–Crippen LogP) is 3.63. The highest BCUT2D eigenvalue weighted by Gasteiger charge is 2.21. The van der Waals surface area contributed by atoms with E-state index in [-0.39, 0.29) is 0 Å². The maximum absolute atomic E-state index is 3.61. The standard InChI is InChI=1S/C17H26N2/c1-13-11-17(19-10-4-3-5-14(19)2)9-6-15(13)12-18-16-7-8-16/h6,9,11,14,16,18H,3-5,7-8,10,12H2,1-2H3. The number of nitrogens with one attached hydrogen (secondary N) is 1. The van der Waals surface area contributed by atoms with Crippen LogP contribution in [0.15, 0.2) is 18.2 Å². The normalized spacial score (nSPS) is 23.7. The topological polar surface area (TPSA) is 15.3 Å². The molecule has 2 heteroatoms. The Morgan fingerprint density at radius 2 is 2.05 bits per heavy atom. The molecule has 0 radical (unpaired) electrons. The third kappa shape index (κ3) is 3.11. The van der Waals surface area contributed by atoms with Crippen molar-refractivity contribution >= 4 is 5.69 Å². The molecule has 1 heterocycles. The zero-order chi connectivity index (χ0) is 13.2. The van der Waals surface area contributed by atoms with Crippen LogP contribution in [0.5, 0.6) is 0 Å². The summed E-state index contributed by atoms with van der Waals surface area (Å²) in [6, 6.07) is 8.51. The molecule has 1 saturated carbocycles. The fourth-order valence-corrected chi connectivity index (χ4v) is 3.08. The Morgan fingerprint density at radius 3 is 2.74 bits per heavy atom. The van der Waals surface area contributed by atoms with Crippen LogP contribution in [-0.4, -0.2) is 18.6 Å². The van der Waals surface area contributed by atoms with Gasteiger partial charge in [0.1, 0.15) is 0 Å². The molecule has 3 rings (SSSR count). The lowest BCUT2D eigenvalue weighted by Crippen LogP contribution is -2.37. The average molecular weight is 258 g/mol. The number of aryl methyl sites for hydroxylation is 1. The molecule has 0 amide bonds. The van der Waals surface area contributed by atoms with E-state index in [4.69, 9.17) is 0 Å². The van der Waals surface area contributed by atoms with E-state index in [0.29, 0.717) is 6.04 Å². The molecule has 1 aromatic carbocycles. The van der Waals surface area contributed by atoms with Gasteiger partial charge in [0, 0.05) is 30.9 Å². The van der Waals surface area contributed by atoms with E-state index < -0.39 is 0 Å². The number of benzene rings is 1. The summed E-state index contributed by atoms with van der Waals surface area (Å²) in [6.45, 7) is 6.87. The Bertz CT molecular complexity index is 437. The minimum absolute atomic E-state index is 0.698. The van der Waals surface area contributed by atoms with Crippen LogP contribution in [0.2, 0.25) is 0 Å². The van der Waals surface area contributed by atoms with Crippen molar-refractivity contribution in [2.45, 2.75) is 64.6 Å². The second-order valence-electron chi connectivity index (χ2n) is 6.30. The van der Waals surface area contributed by atoms with E-state index in [9.17, 15) is 0 Å². The first-order valence-electron chi connectivity index (χ1n) is 7.83. The molecular formula is C17H26N2. The number of hydrogen-bond acceptors (Lipinski definition) is 2. The van der Waals surface area contributed by atoms with E-state index in [2.05, 4.69) is 42.3 Å². The van der Waals surface area contributed by atoms with Crippen LogP contribution in [0.4, 0.5) is 5.69 Å². The maximum atomic E-state index is 3.61. The van der Waals surface area contributed by atoms with Gasteiger partial charge in [-0.3, -0.25) is 0 Å². The van der Waals surface area contributed by atoms with Gasteiger partial charge in [-0.2, -0.15) is 0 Å². The van der Waals surface area contributed by atoms with Gasteiger partial charge in [-0.25, -0.2) is 0 Å². The quantitative estimate of drug-likeness (QED) is 0.887. The molecule has 2 aliphatic rings. The first-order chi connectivity index (χ1) is 9.24. The monoisotopic (exact) mass is 258 g/mol. The largest absolute Gasteiger partial charge is 0.369 e. The second-order valence-corrected chi connectivity index (χ2v) is 6.30. The molecule has 19 heavy (non-hydrogen) atoms. The molecule has 104 valence electrons. The van der Waals surface area contributed by atoms with Crippen LogP contribution >= 0.6 is 0 Å². The summed E-state index contributed by atoms with van der Waals surface area (Å²) in [5.41, 5.74) is 4.31. The molecule has 1 unspecified atom stereocenters. The van der Waals surface area contributed by atoms with Crippen molar-refractivity contribution in [3.8, 4) is 0 Å². The fraction of sp³-hybridized carbons (Fsp3) is 0.647. The summed E-state index contributed by atoms with van der Waals surface area (Å²) >= 11 is 0. The Labute approximate surface area is 117 Å². The molecule has 2 fully saturated rings. The van der Waals surface area contributed by atoms with Gasteiger partial charge in [0.05, 0.1) is 0 Å². The zero-order valence-corrected chi connectivity index (χ0v) is 12.3. The number of anilines is 1. The van der Waals surface area contributed by atoms with Gasteiger partial charge >= 0.3 is 0 Å². The van der Waals surface area contributed by atoms with Gasteiger partial charge in [0.15, 0.2) is 0 Å². The van der Waals surface area contributed by atoms with Gasteiger partial charge in [-0.1, -0.05) is 6.07 Å². The Morgan fingerprint density at radius 1 is 1.21 bits per heavy atom. The van der Waals surface area contributed by atoms with Crippen LogP contribution in [-0.2, 0) is 6.54 Å². The van der Waals surface area contributed by atoms with Crippen LogP contribution in [0, 0.1) is 6.92 Å². The highest BCUT2D eigenvalue weighted by Crippen LogP contribution is 2.27. The molecule has 0 aromatic heterocycles. The maximum Gasteiger partial charge on any atom is 0.0371 e. The van der Waals surface area contributed by atoms with Crippen LogP contribution in [0.25, 0.3) is 0 Å². The van der Waals surface area contributed by atoms with Gasteiger partial charge in [0.25, 0.3) is 0 Å². The van der Waals surface area contributed by atoms with Gasteiger partial charge in [-0.05, 0) is 69.2 Å². The van der Waals surface area contributed by atoms with Gasteiger partial charge < -0.3 is 10.2 Å². The minimum atomic E-state index is 0.698. The Kier molecular flexibility index (Phi) is 3.79. The smallest absolute Gasteiger partial charge is 0.0371 e. The van der Waals surface area contributed by atoms with Crippen molar-refractivity contribution in [2.75, 3.05) is 11.4 Å². The summed E-state index contributed by atoms with van der Waals surface area (Å²) in [7, 11) is 0. The lowest BCUT2D eigenvalue weighted by molar-refractivity contribution is 0.485. The van der Waals surface area contributed by atoms with Crippen LogP contribution < -0.4 is 10.2 Å². The first kappa shape index (κ1) is 13.0. The van der Waals surface area contributed by atoms with E-state index in [1.54, 1.807) is 0 Å². The van der Waals surface area contributed by atoms with E-state index in [1.165, 1.54) is 55.5 Å². The number of nitrogens with zero attached hydrogens (tertiary/aromatic N) is 1. The van der Waals surface area contributed by atoms with Crippen LogP contribution in [0.3, 0.4) is 0 Å². The SMILES string of the molecule is Cc1cc(N2CCCCC2C)ccc1CNC1CC1. The molecule has 1 N–H and O–H groups in total. The lowest BCUT2D eigenvalue weighted by Gasteiger charge is -2.35. The highest BCUT2D eigenvalue weighted by atomic mass is 15.2. The second kappa shape index (κ2) is 5.54. The lowest BCUT2D eigenvalue weighted by atomic mass is 10.0. The summed E-state index contributed by atoms with van der Waals surface area (Å²) in [6.07, 6.45) is 6.79. The molecule has 1 aliphatic carbocycles. The molecule has 2 nitrogen and oxygen atoms in total. The molecular weight excluding hydrogens is 232 g/mol. The van der Waals surface area contributed by atoms with Crippen LogP contribution in [0.1, 0.15) is 50.2 Å². The highest BCUT2D eigenvalue weighted by molar-refractivity contribution is 5.51. The summed E-state index contributed by atoms with van der Waals surface area (Å²) < 4.78 is 0. The molecule has 1 atom stereocenters. The predicted molar refractivity (Wildman–Crippen MR) is 81.7 cm³/mol. The van der Waals surface area contributed by atoms with Crippen molar-refractivity contribution in [3.63, 3.8) is 0 Å². The van der Waals surface area contributed by atoms with Gasteiger partial charge in [0.2, 0.25) is 0 Å². The number of rotatable bonds is 4. The molecule has 0 spiro atoms. The van der Waals surface area contributed by atoms with Crippen molar-refractivity contribution in [1.29, 1.82) is 0 Å². The van der Waals surface area contributed by atoms with Gasteiger partial charge in [-0.15, -0.1) is 0 Å². The summed E-state index contributed by atoms with van der Waals surface area (Å²) in [4.78, 5) is 2.58. The third-order valence-corrected chi connectivity index (χ3v) is 4.62. The Balaban J connectivity index is 1.70. The average Bonchev–Trinajstić information content (AvgIpc) is 3.22. The van der Waals surface area contributed by atoms with E-state index in [1.807, 2.05) is 0 Å². The van der Waals surface area contributed by atoms with Crippen molar-refractivity contribution in [3.05, 3.63) is 29.3 Å². The number of hydrogen-bond donors (Lipinski definition) is 1. The van der Waals surface area contributed by atoms with E-state index >= 15 is 0 Å². The number of piperidine rings is 1. The Hall–Kier alpha value is -1.02. The molecule has 1 saturated heterocycles. The minimum Gasteiger partial charge on any atom is -0.369 e. The fourth-order valence-electron chi connectivity index (χ4n) is 3.08. The van der Waals surface area contributed by atoms with E-state index in [0.717, 1.165) is 12.6 Å². The molecule has 0 bridgehead atoms. The summed E-state index contributed by atoms with van der Waals surface area (Å²) in [5.74, 6) is 0.